The molecule has 0 amide bonds. The number of rotatable bonds is 4. The van der Waals surface area contributed by atoms with Gasteiger partial charge in [-0.05, 0) is 18.7 Å². The molecule has 0 radical (unpaired) electrons. The quantitative estimate of drug-likeness (QED) is 0.686. The highest BCUT2D eigenvalue weighted by molar-refractivity contribution is 5.93. The van der Waals surface area contributed by atoms with Gasteiger partial charge in [0, 0.05) is 12.1 Å². The van der Waals surface area contributed by atoms with Crippen molar-refractivity contribution in [1.82, 2.24) is 4.90 Å². The number of likely N-dealkylation sites (N-methyl/N-ethyl adjacent to an activating group) is 1. The average Bonchev–Trinajstić information content (AvgIpc) is 2.81. The lowest BCUT2D eigenvalue weighted by Gasteiger charge is -2.35. The van der Waals surface area contributed by atoms with Crippen LogP contribution in [0.4, 0.5) is 0 Å². The lowest BCUT2D eigenvalue weighted by molar-refractivity contribution is -0.142. The average molecular weight is 283 g/mol. The molecular weight excluding hydrogens is 266 g/mol. The molecule has 2 aromatic rings. The summed E-state index contributed by atoms with van der Waals surface area (Å²) in [6, 6.07) is 17.0. The van der Waals surface area contributed by atoms with Gasteiger partial charge in [0.05, 0.1) is 6.61 Å². The molecule has 4 heteroatoms. The Balaban J connectivity index is 2.25. The molecule has 0 spiro atoms. The van der Waals surface area contributed by atoms with Crippen molar-refractivity contribution in [2.75, 3.05) is 20.2 Å². The number of hydrogen-bond acceptors (Lipinski definition) is 4. The third-order valence-electron chi connectivity index (χ3n) is 3.97. The normalized spacial score (nSPS) is 20.4. The lowest BCUT2D eigenvalue weighted by atomic mass is 9.82. The van der Waals surface area contributed by atoms with Gasteiger partial charge in [-0.15, -0.1) is 0 Å². The number of aliphatic hydroxyl groups is 1. The summed E-state index contributed by atoms with van der Waals surface area (Å²) in [5.74, 6) is 0.252. The van der Waals surface area contributed by atoms with Crippen LogP contribution in [0, 0.1) is 0 Å². The Morgan fingerprint density at radius 1 is 1.10 bits per heavy atom. The molecule has 0 fully saturated rings. The topological polar surface area (TPSA) is 49.8 Å². The fourth-order valence-corrected chi connectivity index (χ4v) is 2.99. The molecule has 0 saturated carbocycles. The van der Waals surface area contributed by atoms with Gasteiger partial charge < -0.3 is 9.84 Å². The first-order chi connectivity index (χ1) is 10.2. The van der Waals surface area contributed by atoms with Gasteiger partial charge in [0.15, 0.2) is 5.54 Å². The second kappa shape index (κ2) is 5.31. The van der Waals surface area contributed by atoms with Gasteiger partial charge in [-0.1, -0.05) is 48.5 Å². The maximum atomic E-state index is 12.7. The van der Waals surface area contributed by atoms with E-state index in [0.717, 1.165) is 11.1 Å². The standard InChI is InChI=1S/C17H17NO3/c1-18(11-12-19)17(13-7-3-2-4-8-13)14-9-5-6-10-15(14)21-16(17)20/h2-10,19H,11-12H2,1H3. The maximum Gasteiger partial charge on any atom is 0.341 e. The van der Waals surface area contributed by atoms with Gasteiger partial charge in [-0.2, -0.15) is 0 Å². The Kier molecular flexibility index (Phi) is 3.49. The minimum absolute atomic E-state index is 0.0273. The Bertz CT molecular complexity index is 656. The van der Waals surface area contributed by atoms with Crippen LogP contribution in [0.1, 0.15) is 11.1 Å². The third-order valence-corrected chi connectivity index (χ3v) is 3.97. The van der Waals surface area contributed by atoms with Crippen molar-refractivity contribution in [1.29, 1.82) is 0 Å². The second-order valence-electron chi connectivity index (χ2n) is 5.11. The molecule has 0 aliphatic carbocycles. The highest BCUT2D eigenvalue weighted by Gasteiger charge is 2.53. The molecule has 1 unspecified atom stereocenters. The van der Waals surface area contributed by atoms with Gasteiger partial charge in [-0.3, -0.25) is 4.90 Å². The van der Waals surface area contributed by atoms with Gasteiger partial charge in [-0.25, -0.2) is 4.79 Å². The largest absolute Gasteiger partial charge is 0.424 e. The van der Waals surface area contributed by atoms with Gasteiger partial charge in [0.1, 0.15) is 5.75 Å². The number of carbonyl (C=O) groups is 1. The first-order valence-electron chi connectivity index (χ1n) is 6.90. The summed E-state index contributed by atoms with van der Waals surface area (Å²) in [5, 5.41) is 9.30. The van der Waals surface area contributed by atoms with Gasteiger partial charge in [0.2, 0.25) is 0 Å². The highest BCUT2D eigenvalue weighted by atomic mass is 16.5. The maximum absolute atomic E-state index is 12.7. The first-order valence-corrected chi connectivity index (χ1v) is 6.90. The Morgan fingerprint density at radius 2 is 1.76 bits per heavy atom. The molecule has 3 rings (SSSR count). The molecule has 0 bridgehead atoms. The molecule has 1 aliphatic heterocycles. The lowest BCUT2D eigenvalue weighted by Crippen LogP contribution is -2.50. The smallest absolute Gasteiger partial charge is 0.341 e. The van der Waals surface area contributed by atoms with E-state index in [1.807, 2.05) is 60.5 Å². The summed E-state index contributed by atoms with van der Waals surface area (Å²) < 4.78 is 5.48. The van der Waals surface area contributed by atoms with E-state index in [0.29, 0.717) is 12.3 Å². The number of fused-ring (bicyclic) bond motifs is 1. The summed E-state index contributed by atoms with van der Waals surface area (Å²) in [7, 11) is 1.83. The van der Waals surface area contributed by atoms with Crippen LogP contribution in [0.15, 0.2) is 54.6 Å². The SMILES string of the molecule is CN(CCO)C1(c2ccccc2)C(=O)Oc2ccccc21. The minimum Gasteiger partial charge on any atom is -0.424 e. The van der Waals surface area contributed by atoms with E-state index in [9.17, 15) is 9.90 Å². The number of carbonyl (C=O) groups excluding carboxylic acids is 1. The van der Waals surface area contributed by atoms with Gasteiger partial charge in [0.25, 0.3) is 0 Å². The van der Waals surface area contributed by atoms with E-state index in [1.165, 1.54) is 0 Å². The van der Waals surface area contributed by atoms with E-state index in [4.69, 9.17) is 4.74 Å². The number of aliphatic hydroxyl groups excluding tert-OH is 1. The summed E-state index contributed by atoms with van der Waals surface area (Å²) in [6.45, 7) is 0.346. The van der Waals surface area contributed by atoms with Crippen molar-refractivity contribution in [3.05, 3.63) is 65.7 Å². The number of para-hydroxylation sites is 1. The zero-order valence-electron chi connectivity index (χ0n) is 11.8. The first kappa shape index (κ1) is 13.8. The zero-order valence-corrected chi connectivity index (χ0v) is 11.8. The number of esters is 1. The van der Waals surface area contributed by atoms with Crippen LogP contribution in [-0.2, 0) is 10.3 Å². The van der Waals surface area contributed by atoms with Crippen molar-refractivity contribution >= 4 is 5.97 Å². The fourth-order valence-electron chi connectivity index (χ4n) is 2.99. The number of hydrogen-bond donors (Lipinski definition) is 1. The molecule has 1 heterocycles. The van der Waals surface area contributed by atoms with Gasteiger partial charge >= 0.3 is 5.97 Å². The second-order valence-corrected chi connectivity index (χ2v) is 5.11. The van der Waals surface area contributed by atoms with E-state index in [-0.39, 0.29) is 12.6 Å². The molecule has 108 valence electrons. The number of nitrogens with zero attached hydrogens (tertiary/aromatic N) is 1. The van der Waals surface area contributed by atoms with Crippen molar-refractivity contribution in [3.63, 3.8) is 0 Å². The summed E-state index contributed by atoms with van der Waals surface area (Å²) in [4.78, 5) is 14.6. The zero-order chi connectivity index (χ0) is 14.9. The summed E-state index contributed by atoms with van der Waals surface area (Å²) >= 11 is 0. The fraction of sp³-hybridized carbons (Fsp3) is 0.235. The molecule has 0 aromatic heterocycles. The summed E-state index contributed by atoms with van der Waals surface area (Å²) in [5.41, 5.74) is 0.661. The van der Waals surface area contributed by atoms with Crippen LogP contribution in [0.5, 0.6) is 5.75 Å². The minimum atomic E-state index is -0.999. The molecule has 0 saturated heterocycles. The van der Waals surface area contributed by atoms with E-state index in [2.05, 4.69) is 0 Å². The van der Waals surface area contributed by atoms with E-state index >= 15 is 0 Å². The van der Waals surface area contributed by atoms with Crippen LogP contribution in [0.2, 0.25) is 0 Å². The summed E-state index contributed by atoms with van der Waals surface area (Å²) in [6.07, 6.45) is 0. The molecule has 1 aliphatic rings. The van der Waals surface area contributed by atoms with Crippen LogP contribution in [-0.4, -0.2) is 36.2 Å². The molecule has 21 heavy (non-hydrogen) atoms. The monoisotopic (exact) mass is 283 g/mol. The predicted molar refractivity (Wildman–Crippen MR) is 79.0 cm³/mol. The molecule has 4 nitrogen and oxygen atoms in total. The van der Waals surface area contributed by atoms with Crippen LogP contribution in [0.3, 0.4) is 0 Å². The molecular formula is C17H17NO3. The number of ether oxygens (including phenoxy) is 1. The highest BCUT2D eigenvalue weighted by Crippen LogP contribution is 2.45. The van der Waals surface area contributed by atoms with E-state index in [1.54, 1.807) is 6.07 Å². The van der Waals surface area contributed by atoms with Crippen molar-refractivity contribution in [2.45, 2.75) is 5.54 Å². The Labute approximate surface area is 123 Å². The number of benzene rings is 2. The Hall–Kier alpha value is -2.17. The predicted octanol–water partition coefficient (Wildman–Crippen LogP) is 1.77. The van der Waals surface area contributed by atoms with E-state index < -0.39 is 5.54 Å². The van der Waals surface area contributed by atoms with Crippen molar-refractivity contribution < 1.29 is 14.6 Å². The van der Waals surface area contributed by atoms with Crippen LogP contribution in [0.25, 0.3) is 0 Å². The van der Waals surface area contributed by atoms with Crippen LogP contribution >= 0.6 is 0 Å². The third kappa shape index (κ3) is 1.95. The Morgan fingerprint density at radius 3 is 2.48 bits per heavy atom. The van der Waals surface area contributed by atoms with Crippen molar-refractivity contribution in [3.8, 4) is 5.75 Å². The molecule has 2 aromatic carbocycles. The van der Waals surface area contributed by atoms with Crippen molar-refractivity contribution in [2.24, 2.45) is 0 Å². The molecule has 1 N–H and O–H groups in total. The molecule has 1 atom stereocenters. The van der Waals surface area contributed by atoms with Crippen LogP contribution < -0.4 is 4.74 Å².